The summed E-state index contributed by atoms with van der Waals surface area (Å²) in [7, 11) is 0. The van der Waals surface area contributed by atoms with Gasteiger partial charge in [-0.05, 0) is 24.3 Å². The first-order valence-corrected chi connectivity index (χ1v) is 4.47. The number of hydrogen-bond donors (Lipinski definition) is 0. The molecule has 1 atom stereocenters. The SMILES string of the molecule is FC(F)(F)c1ccc(OC[C@@H]2CO2)cc1. The van der Waals surface area contributed by atoms with Crippen LogP contribution in [0.5, 0.6) is 5.75 Å². The summed E-state index contributed by atoms with van der Waals surface area (Å²) in [4.78, 5) is 0. The molecule has 0 amide bonds. The Labute approximate surface area is 84.6 Å². The zero-order valence-corrected chi connectivity index (χ0v) is 7.75. The van der Waals surface area contributed by atoms with E-state index in [1.165, 1.54) is 12.1 Å². The molecule has 15 heavy (non-hydrogen) atoms. The van der Waals surface area contributed by atoms with Crippen LogP contribution < -0.4 is 4.74 Å². The first-order chi connectivity index (χ1) is 7.05. The van der Waals surface area contributed by atoms with E-state index in [0.29, 0.717) is 19.0 Å². The molecule has 2 nitrogen and oxygen atoms in total. The largest absolute Gasteiger partial charge is 0.491 e. The van der Waals surface area contributed by atoms with Crippen molar-refractivity contribution in [3.05, 3.63) is 29.8 Å². The number of ether oxygens (including phenoxy) is 2. The van der Waals surface area contributed by atoms with E-state index in [1.54, 1.807) is 0 Å². The van der Waals surface area contributed by atoms with Gasteiger partial charge in [0.1, 0.15) is 18.5 Å². The maximum atomic E-state index is 12.2. The third-order valence-corrected chi connectivity index (χ3v) is 2.02. The van der Waals surface area contributed by atoms with E-state index in [4.69, 9.17) is 9.47 Å². The maximum Gasteiger partial charge on any atom is 0.416 e. The van der Waals surface area contributed by atoms with Crippen LogP contribution in [0.4, 0.5) is 13.2 Å². The molecule has 0 bridgehead atoms. The Bertz CT molecular complexity index is 328. The minimum absolute atomic E-state index is 0.104. The van der Waals surface area contributed by atoms with Gasteiger partial charge in [0.25, 0.3) is 0 Å². The van der Waals surface area contributed by atoms with Gasteiger partial charge in [0.15, 0.2) is 0 Å². The van der Waals surface area contributed by atoms with Gasteiger partial charge in [-0.1, -0.05) is 0 Å². The summed E-state index contributed by atoms with van der Waals surface area (Å²) in [6.45, 7) is 1.06. The maximum absolute atomic E-state index is 12.2. The molecule has 2 rings (SSSR count). The number of benzene rings is 1. The number of hydrogen-bond acceptors (Lipinski definition) is 2. The third-order valence-electron chi connectivity index (χ3n) is 2.02. The van der Waals surface area contributed by atoms with Crippen LogP contribution >= 0.6 is 0 Å². The van der Waals surface area contributed by atoms with E-state index in [1.807, 2.05) is 0 Å². The van der Waals surface area contributed by atoms with E-state index in [2.05, 4.69) is 0 Å². The summed E-state index contributed by atoms with van der Waals surface area (Å²) in [6.07, 6.45) is -4.19. The molecule has 1 aromatic carbocycles. The Morgan fingerprint density at radius 3 is 2.33 bits per heavy atom. The van der Waals surface area contributed by atoms with Crippen LogP contribution in [0.15, 0.2) is 24.3 Å². The standard InChI is InChI=1S/C10H9F3O2/c11-10(12,13)7-1-3-8(4-2-7)14-5-9-6-15-9/h1-4,9H,5-6H2/t9-/m1/s1. The summed E-state index contributed by atoms with van der Waals surface area (Å²) >= 11 is 0. The monoisotopic (exact) mass is 218 g/mol. The molecule has 5 heteroatoms. The summed E-state index contributed by atoms with van der Waals surface area (Å²) in [6, 6.07) is 4.63. The molecular weight excluding hydrogens is 209 g/mol. The number of alkyl halides is 3. The van der Waals surface area contributed by atoms with Gasteiger partial charge in [-0.25, -0.2) is 0 Å². The van der Waals surface area contributed by atoms with Gasteiger partial charge in [-0.2, -0.15) is 13.2 Å². The lowest BCUT2D eigenvalue weighted by Gasteiger charge is -2.08. The van der Waals surface area contributed by atoms with Crippen molar-refractivity contribution in [2.24, 2.45) is 0 Å². The van der Waals surface area contributed by atoms with E-state index >= 15 is 0 Å². The van der Waals surface area contributed by atoms with Crippen molar-refractivity contribution in [3.8, 4) is 5.75 Å². The van der Waals surface area contributed by atoms with Crippen molar-refractivity contribution in [1.29, 1.82) is 0 Å². The predicted molar refractivity (Wildman–Crippen MR) is 46.7 cm³/mol. The average molecular weight is 218 g/mol. The van der Waals surface area contributed by atoms with Crippen molar-refractivity contribution < 1.29 is 22.6 Å². The Morgan fingerprint density at radius 1 is 1.27 bits per heavy atom. The molecule has 1 aromatic rings. The highest BCUT2D eigenvalue weighted by Gasteiger charge is 2.30. The molecule has 0 unspecified atom stereocenters. The number of halogens is 3. The van der Waals surface area contributed by atoms with Gasteiger partial charge < -0.3 is 9.47 Å². The second-order valence-corrected chi connectivity index (χ2v) is 3.29. The smallest absolute Gasteiger partial charge is 0.416 e. The van der Waals surface area contributed by atoms with E-state index in [9.17, 15) is 13.2 Å². The second-order valence-electron chi connectivity index (χ2n) is 3.29. The fraction of sp³-hybridized carbons (Fsp3) is 0.400. The van der Waals surface area contributed by atoms with Crippen LogP contribution in [0.3, 0.4) is 0 Å². The van der Waals surface area contributed by atoms with Crippen molar-refractivity contribution in [1.82, 2.24) is 0 Å². The predicted octanol–water partition coefficient (Wildman–Crippen LogP) is 2.48. The normalized spacial score (nSPS) is 20.1. The van der Waals surface area contributed by atoms with Gasteiger partial charge in [-0.3, -0.25) is 0 Å². The van der Waals surface area contributed by atoms with Gasteiger partial charge in [0.05, 0.1) is 12.2 Å². The number of epoxide rings is 1. The Balaban J connectivity index is 1.96. The highest BCUT2D eigenvalue weighted by Crippen LogP contribution is 2.30. The molecule has 82 valence electrons. The minimum atomic E-state index is -4.29. The topological polar surface area (TPSA) is 21.8 Å². The minimum Gasteiger partial charge on any atom is -0.491 e. The summed E-state index contributed by atoms with van der Waals surface area (Å²) < 4.78 is 46.7. The molecular formula is C10H9F3O2. The first-order valence-electron chi connectivity index (χ1n) is 4.47. The molecule has 0 radical (unpaired) electrons. The highest BCUT2D eigenvalue weighted by atomic mass is 19.4. The zero-order chi connectivity index (χ0) is 10.9. The lowest BCUT2D eigenvalue weighted by Crippen LogP contribution is -2.06. The summed E-state index contributed by atoms with van der Waals surface area (Å²) in [5, 5.41) is 0. The quantitative estimate of drug-likeness (QED) is 0.727. The van der Waals surface area contributed by atoms with Gasteiger partial charge >= 0.3 is 6.18 Å². The van der Waals surface area contributed by atoms with Crippen LogP contribution in [-0.2, 0) is 10.9 Å². The second kappa shape index (κ2) is 3.73. The molecule has 0 saturated carbocycles. The fourth-order valence-corrected chi connectivity index (χ4v) is 1.09. The van der Waals surface area contributed by atoms with E-state index < -0.39 is 11.7 Å². The average Bonchev–Trinajstić information content (AvgIpc) is 2.97. The zero-order valence-electron chi connectivity index (χ0n) is 7.75. The summed E-state index contributed by atoms with van der Waals surface area (Å²) in [5.41, 5.74) is -0.669. The third kappa shape index (κ3) is 2.86. The van der Waals surface area contributed by atoms with Crippen LogP contribution in [0.1, 0.15) is 5.56 Å². The molecule has 1 fully saturated rings. The summed E-state index contributed by atoms with van der Waals surface area (Å²) in [5.74, 6) is 0.429. The van der Waals surface area contributed by atoms with E-state index in [0.717, 1.165) is 12.1 Å². The van der Waals surface area contributed by atoms with Crippen molar-refractivity contribution in [2.45, 2.75) is 12.3 Å². The van der Waals surface area contributed by atoms with Gasteiger partial charge in [0, 0.05) is 0 Å². The van der Waals surface area contributed by atoms with Crippen LogP contribution in [0.25, 0.3) is 0 Å². The molecule has 1 heterocycles. The van der Waals surface area contributed by atoms with Crippen molar-refractivity contribution in [3.63, 3.8) is 0 Å². The molecule has 0 spiro atoms. The van der Waals surface area contributed by atoms with Gasteiger partial charge in [-0.15, -0.1) is 0 Å². The van der Waals surface area contributed by atoms with Gasteiger partial charge in [0.2, 0.25) is 0 Å². The molecule has 1 aliphatic heterocycles. The lowest BCUT2D eigenvalue weighted by molar-refractivity contribution is -0.137. The molecule has 1 aliphatic rings. The fourth-order valence-electron chi connectivity index (χ4n) is 1.09. The Kier molecular flexibility index (Phi) is 2.56. The molecule has 0 aromatic heterocycles. The van der Waals surface area contributed by atoms with Crippen molar-refractivity contribution >= 4 is 0 Å². The molecule has 0 N–H and O–H groups in total. The van der Waals surface area contributed by atoms with Crippen molar-refractivity contribution in [2.75, 3.05) is 13.2 Å². The Morgan fingerprint density at radius 2 is 1.87 bits per heavy atom. The van der Waals surface area contributed by atoms with Crippen LogP contribution in [0.2, 0.25) is 0 Å². The Hall–Kier alpha value is -1.23. The molecule has 1 saturated heterocycles. The highest BCUT2D eigenvalue weighted by molar-refractivity contribution is 5.28. The first kappa shape index (κ1) is 10.3. The molecule has 0 aliphatic carbocycles. The van der Waals surface area contributed by atoms with Crippen LogP contribution in [-0.4, -0.2) is 19.3 Å². The van der Waals surface area contributed by atoms with E-state index in [-0.39, 0.29) is 6.10 Å². The number of rotatable bonds is 3. The van der Waals surface area contributed by atoms with Crippen LogP contribution in [0, 0.1) is 0 Å². The lowest BCUT2D eigenvalue weighted by atomic mass is 10.2.